The van der Waals surface area contributed by atoms with Crippen LogP contribution in [0.3, 0.4) is 0 Å². The van der Waals surface area contributed by atoms with Gasteiger partial charge in [-0.15, -0.1) is 11.3 Å². The van der Waals surface area contributed by atoms with E-state index < -0.39 is 0 Å². The van der Waals surface area contributed by atoms with Crippen molar-refractivity contribution >= 4 is 11.3 Å². The average molecular weight is 239 g/mol. The summed E-state index contributed by atoms with van der Waals surface area (Å²) in [7, 11) is 2.21. The average Bonchev–Trinajstić information content (AvgIpc) is 2.65. The Morgan fingerprint density at radius 2 is 2.50 bits per heavy atom. The van der Waals surface area contributed by atoms with Gasteiger partial charge in [-0.3, -0.25) is 0 Å². The highest BCUT2D eigenvalue weighted by Crippen LogP contribution is 2.16. The van der Waals surface area contributed by atoms with E-state index in [9.17, 15) is 0 Å². The molecule has 1 aromatic heterocycles. The van der Waals surface area contributed by atoms with Crippen molar-refractivity contribution in [2.45, 2.75) is 26.3 Å². The molecule has 0 aromatic carbocycles. The lowest BCUT2D eigenvalue weighted by molar-refractivity contribution is 0.239. The summed E-state index contributed by atoms with van der Waals surface area (Å²) in [5, 5.41) is 4.64. The van der Waals surface area contributed by atoms with Crippen molar-refractivity contribution < 1.29 is 0 Å². The number of rotatable bonds is 4. The van der Waals surface area contributed by atoms with Crippen molar-refractivity contribution in [2.75, 3.05) is 26.7 Å². The van der Waals surface area contributed by atoms with Crippen LogP contribution in [-0.2, 0) is 6.54 Å². The van der Waals surface area contributed by atoms with Crippen molar-refractivity contribution in [3.05, 3.63) is 16.1 Å². The van der Waals surface area contributed by atoms with E-state index >= 15 is 0 Å². The molecule has 2 heterocycles. The van der Waals surface area contributed by atoms with Crippen molar-refractivity contribution in [1.82, 2.24) is 15.2 Å². The zero-order chi connectivity index (χ0) is 11.4. The van der Waals surface area contributed by atoms with Crippen molar-refractivity contribution in [2.24, 2.45) is 5.92 Å². The fourth-order valence-electron chi connectivity index (χ4n) is 2.33. The molecule has 1 saturated heterocycles. The summed E-state index contributed by atoms with van der Waals surface area (Å²) in [4.78, 5) is 8.10. The highest BCUT2D eigenvalue weighted by molar-refractivity contribution is 7.11. The molecule has 1 aromatic rings. The van der Waals surface area contributed by atoms with Crippen LogP contribution in [-0.4, -0.2) is 36.6 Å². The second kappa shape index (κ2) is 5.75. The van der Waals surface area contributed by atoms with E-state index in [0.717, 1.165) is 12.5 Å². The Labute approximate surface area is 102 Å². The van der Waals surface area contributed by atoms with E-state index in [1.807, 2.05) is 17.5 Å². The Morgan fingerprint density at radius 1 is 1.62 bits per heavy atom. The van der Waals surface area contributed by atoms with Crippen LogP contribution >= 0.6 is 11.3 Å². The minimum atomic E-state index is 0.827. The first-order chi connectivity index (χ1) is 7.74. The molecule has 1 fully saturated rings. The first-order valence-electron chi connectivity index (χ1n) is 6.04. The van der Waals surface area contributed by atoms with Crippen molar-refractivity contribution in [3.8, 4) is 0 Å². The summed E-state index contributed by atoms with van der Waals surface area (Å²) in [5.74, 6) is 0.827. The maximum Gasteiger partial charge on any atom is 0.0897 e. The number of piperidine rings is 1. The number of nitrogens with zero attached hydrogens (tertiary/aromatic N) is 2. The Balaban J connectivity index is 1.77. The van der Waals surface area contributed by atoms with E-state index in [0.29, 0.717) is 0 Å². The Hall–Kier alpha value is -0.450. The van der Waals surface area contributed by atoms with Gasteiger partial charge in [0.15, 0.2) is 0 Å². The van der Waals surface area contributed by atoms with E-state index in [1.165, 1.54) is 42.4 Å². The molecule has 0 aliphatic carbocycles. The maximum absolute atomic E-state index is 4.30. The summed E-state index contributed by atoms with van der Waals surface area (Å²) in [6, 6.07) is 0. The van der Waals surface area contributed by atoms with Gasteiger partial charge in [-0.25, -0.2) is 4.98 Å². The number of aryl methyl sites for hydroxylation is 1. The molecule has 0 amide bonds. The van der Waals surface area contributed by atoms with Gasteiger partial charge < -0.3 is 10.2 Å². The number of thiazole rings is 1. The number of nitrogens with one attached hydrogen (secondary N) is 1. The second-order valence-corrected chi connectivity index (χ2v) is 6.07. The van der Waals surface area contributed by atoms with Crippen LogP contribution in [0.5, 0.6) is 0 Å². The largest absolute Gasteiger partial charge is 0.316 e. The summed E-state index contributed by atoms with van der Waals surface area (Å²) >= 11 is 1.81. The van der Waals surface area contributed by atoms with Gasteiger partial charge in [0.2, 0.25) is 0 Å². The number of hydrogen-bond donors (Lipinski definition) is 1. The van der Waals surface area contributed by atoms with Gasteiger partial charge in [0.25, 0.3) is 0 Å². The predicted molar refractivity (Wildman–Crippen MR) is 68.8 cm³/mol. The van der Waals surface area contributed by atoms with E-state index in [-0.39, 0.29) is 0 Å². The van der Waals surface area contributed by atoms with Crippen LogP contribution in [0.2, 0.25) is 0 Å². The Kier molecular flexibility index (Phi) is 4.32. The van der Waals surface area contributed by atoms with Gasteiger partial charge in [-0.2, -0.15) is 0 Å². The molecule has 1 N–H and O–H groups in total. The van der Waals surface area contributed by atoms with E-state index in [1.54, 1.807) is 0 Å². The van der Waals surface area contributed by atoms with Gasteiger partial charge in [-0.05, 0) is 45.8 Å². The maximum atomic E-state index is 4.30. The van der Waals surface area contributed by atoms with Gasteiger partial charge in [0, 0.05) is 24.2 Å². The van der Waals surface area contributed by atoms with Crippen LogP contribution in [0.25, 0.3) is 0 Å². The van der Waals surface area contributed by atoms with Gasteiger partial charge >= 0.3 is 0 Å². The molecule has 3 nitrogen and oxygen atoms in total. The zero-order valence-electron chi connectivity index (χ0n) is 10.2. The third-order valence-corrected chi connectivity index (χ3v) is 3.96. The normalized spacial score (nSPS) is 21.6. The van der Waals surface area contributed by atoms with Crippen molar-refractivity contribution in [3.63, 3.8) is 0 Å². The van der Waals surface area contributed by atoms with Gasteiger partial charge in [-0.1, -0.05) is 0 Å². The predicted octanol–water partition coefficient (Wildman–Crippen LogP) is 1.88. The fourth-order valence-corrected chi connectivity index (χ4v) is 3.20. The highest BCUT2D eigenvalue weighted by Gasteiger charge is 2.15. The van der Waals surface area contributed by atoms with E-state index in [4.69, 9.17) is 0 Å². The molecule has 1 atom stereocenters. The smallest absolute Gasteiger partial charge is 0.0897 e. The molecule has 1 unspecified atom stereocenters. The lowest BCUT2D eigenvalue weighted by Crippen LogP contribution is -2.36. The monoisotopic (exact) mass is 239 g/mol. The summed E-state index contributed by atoms with van der Waals surface area (Å²) < 4.78 is 0. The summed E-state index contributed by atoms with van der Waals surface area (Å²) in [5.41, 5.74) is 0. The molecule has 1 aliphatic heterocycles. The van der Waals surface area contributed by atoms with Crippen LogP contribution in [0, 0.1) is 12.8 Å². The van der Waals surface area contributed by atoms with E-state index in [2.05, 4.69) is 29.2 Å². The second-order valence-electron chi connectivity index (χ2n) is 4.75. The molecule has 0 saturated carbocycles. The minimum absolute atomic E-state index is 0.827. The lowest BCUT2D eigenvalue weighted by atomic mass is 9.99. The molecule has 1 aliphatic rings. The first kappa shape index (κ1) is 12.0. The molecule has 0 spiro atoms. The molecule has 90 valence electrons. The third-order valence-electron chi connectivity index (χ3n) is 3.06. The number of aromatic nitrogens is 1. The van der Waals surface area contributed by atoms with Crippen LogP contribution in [0.4, 0.5) is 0 Å². The first-order valence-corrected chi connectivity index (χ1v) is 6.86. The quantitative estimate of drug-likeness (QED) is 0.869. The lowest BCUT2D eigenvalue weighted by Gasteiger charge is -2.27. The molecular weight excluding hydrogens is 218 g/mol. The minimum Gasteiger partial charge on any atom is -0.316 e. The standard InChI is InChI=1S/C12H21N3S/c1-10-14-7-12(16-10)9-15(2)8-11-4-3-5-13-6-11/h7,11,13H,3-6,8-9H2,1-2H3. The summed E-state index contributed by atoms with van der Waals surface area (Å²) in [6.45, 7) is 6.70. The molecule has 2 rings (SSSR count). The molecule has 0 bridgehead atoms. The molecule has 4 heteroatoms. The topological polar surface area (TPSA) is 28.2 Å². The molecule has 0 radical (unpaired) electrons. The third kappa shape index (κ3) is 3.54. The summed E-state index contributed by atoms with van der Waals surface area (Å²) in [6.07, 6.45) is 4.72. The molecule has 16 heavy (non-hydrogen) atoms. The SMILES string of the molecule is Cc1ncc(CN(C)CC2CCCNC2)s1. The Morgan fingerprint density at radius 3 is 3.12 bits per heavy atom. The molecular formula is C12H21N3S. The number of hydrogen-bond acceptors (Lipinski definition) is 4. The fraction of sp³-hybridized carbons (Fsp3) is 0.750. The van der Waals surface area contributed by atoms with Gasteiger partial charge in [0.1, 0.15) is 0 Å². The van der Waals surface area contributed by atoms with Crippen LogP contribution in [0.15, 0.2) is 6.20 Å². The van der Waals surface area contributed by atoms with Crippen molar-refractivity contribution in [1.29, 1.82) is 0 Å². The Bertz CT molecular complexity index is 318. The van der Waals surface area contributed by atoms with Crippen LogP contribution < -0.4 is 5.32 Å². The zero-order valence-corrected chi connectivity index (χ0v) is 11.0. The van der Waals surface area contributed by atoms with Crippen LogP contribution in [0.1, 0.15) is 22.7 Å². The van der Waals surface area contributed by atoms with Gasteiger partial charge in [0.05, 0.1) is 5.01 Å². The highest BCUT2D eigenvalue weighted by atomic mass is 32.1.